The Morgan fingerprint density at radius 1 is 1.47 bits per heavy atom. The third-order valence-corrected chi connectivity index (χ3v) is 3.24. The van der Waals surface area contributed by atoms with Crippen LogP contribution in [-0.2, 0) is 11.8 Å². The molecule has 1 N–H and O–H groups in total. The van der Waals surface area contributed by atoms with Gasteiger partial charge in [-0.3, -0.25) is 4.79 Å². The number of hydrogen-bond acceptors (Lipinski definition) is 5. The standard InChI is InChI=1S/C12H13N5OS/c1-17-9-14-16-12(17)19-8-11(18)15-13-7-10-5-3-2-4-6-10/h2-7,9H,8H2,1H3,(H,15,18)/b13-7+. The third kappa shape index (κ3) is 4.22. The van der Waals surface area contributed by atoms with E-state index in [0.29, 0.717) is 5.16 Å². The van der Waals surface area contributed by atoms with Crippen LogP contribution in [0.1, 0.15) is 5.56 Å². The van der Waals surface area contributed by atoms with E-state index in [4.69, 9.17) is 0 Å². The molecule has 0 unspecified atom stereocenters. The molecule has 1 heterocycles. The van der Waals surface area contributed by atoms with E-state index < -0.39 is 0 Å². The smallest absolute Gasteiger partial charge is 0.250 e. The number of carbonyl (C=O) groups is 1. The van der Waals surface area contributed by atoms with Crippen LogP contribution in [0.15, 0.2) is 46.9 Å². The summed E-state index contributed by atoms with van der Waals surface area (Å²) in [7, 11) is 1.83. The Morgan fingerprint density at radius 3 is 2.95 bits per heavy atom. The number of benzene rings is 1. The average molecular weight is 275 g/mol. The molecular formula is C12H13N5OS. The summed E-state index contributed by atoms with van der Waals surface area (Å²) in [5.74, 6) is 0.0683. The second-order valence-electron chi connectivity index (χ2n) is 3.72. The Balaban J connectivity index is 1.76. The summed E-state index contributed by atoms with van der Waals surface area (Å²) < 4.78 is 1.76. The minimum atomic E-state index is -0.180. The topological polar surface area (TPSA) is 72.2 Å². The normalized spacial score (nSPS) is 10.8. The SMILES string of the molecule is Cn1cnnc1SCC(=O)N/N=C/c1ccccc1. The minimum Gasteiger partial charge on any atom is -0.312 e. The molecule has 0 radical (unpaired) electrons. The molecule has 6 nitrogen and oxygen atoms in total. The predicted octanol–water partition coefficient (Wildman–Crippen LogP) is 1.06. The largest absolute Gasteiger partial charge is 0.312 e. The van der Waals surface area contributed by atoms with Gasteiger partial charge in [0.1, 0.15) is 6.33 Å². The van der Waals surface area contributed by atoms with E-state index in [1.165, 1.54) is 11.8 Å². The fourth-order valence-corrected chi connectivity index (χ4v) is 1.96. The summed E-state index contributed by atoms with van der Waals surface area (Å²) in [5.41, 5.74) is 3.40. The van der Waals surface area contributed by atoms with Crippen molar-refractivity contribution in [3.05, 3.63) is 42.2 Å². The van der Waals surface area contributed by atoms with Gasteiger partial charge in [0.25, 0.3) is 5.91 Å². The number of nitrogens with one attached hydrogen (secondary N) is 1. The Labute approximate surface area is 114 Å². The molecule has 0 atom stereocenters. The third-order valence-electron chi connectivity index (χ3n) is 2.20. The van der Waals surface area contributed by atoms with E-state index in [1.54, 1.807) is 17.1 Å². The number of aromatic nitrogens is 3. The van der Waals surface area contributed by atoms with Crippen molar-refractivity contribution in [3.63, 3.8) is 0 Å². The van der Waals surface area contributed by atoms with Crippen molar-refractivity contribution in [2.45, 2.75) is 5.16 Å². The first-order chi connectivity index (χ1) is 9.25. The lowest BCUT2D eigenvalue weighted by Gasteiger charge is -1.99. The van der Waals surface area contributed by atoms with E-state index in [-0.39, 0.29) is 11.7 Å². The zero-order valence-corrected chi connectivity index (χ0v) is 11.2. The van der Waals surface area contributed by atoms with Crippen LogP contribution in [0, 0.1) is 0 Å². The Hall–Kier alpha value is -2.15. The summed E-state index contributed by atoms with van der Waals surface area (Å²) in [6.45, 7) is 0. The number of nitrogens with zero attached hydrogens (tertiary/aromatic N) is 4. The molecule has 0 saturated heterocycles. The highest BCUT2D eigenvalue weighted by Gasteiger charge is 2.05. The summed E-state index contributed by atoms with van der Waals surface area (Å²) in [5, 5.41) is 12.2. The van der Waals surface area contributed by atoms with Crippen LogP contribution in [0.5, 0.6) is 0 Å². The number of hydrazone groups is 1. The summed E-state index contributed by atoms with van der Waals surface area (Å²) in [4.78, 5) is 11.5. The Morgan fingerprint density at radius 2 is 2.26 bits per heavy atom. The summed E-state index contributed by atoms with van der Waals surface area (Å²) in [6.07, 6.45) is 3.19. The highest BCUT2D eigenvalue weighted by molar-refractivity contribution is 7.99. The minimum absolute atomic E-state index is 0.180. The van der Waals surface area contributed by atoms with E-state index in [0.717, 1.165) is 5.56 Å². The number of carbonyl (C=O) groups excluding carboxylic acids is 1. The summed E-state index contributed by atoms with van der Waals surface area (Å²) >= 11 is 1.31. The van der Waals surface area contributed by atoms with E-state index >= 15 is 0 Å². The number of amides is 1. The highest BCUT2D eigenvalue weighted by Crippen LogP contribution is 2.12. The first-order valence-corrected chi connectivity index (χ1v) is 6.58. The van der Waals surface area contributed by atoms with E-state index in [2.05, 4.69) is 20.7 Å². The molecule has 2 aromatic rings. The maximum Gasteiger partial charge on any atom is 0.250 e. The zero-order chi connectivity index (χ0) is 13.5. The van der Waals surface area contributed by atoms with Crippen molar-refractivity contribution in [2.75, 3.05) is 5.75 Å². The van der Waals surface area contributed by atoms with Gasteiger partial charge in [0.15, 0.2) is 5.16 Å². The van der Waals surface area contributed by atoms with Crippen LogP contribution < -0.4 is 5.43 Å². The predicted molar refractivity (Wildman–Crippen MR) is 73.9 cm³/mol. The number of aryl methyl sites for hydroxylation is 1. The molecule has 1 amide bonds. The molecule has 0 aliphatic rings. The molecule has 19 heavy (non-hydrogen) atoms. The quantitative estimate of drug-likeness (QED) is 0.503. The lowest BCUT2D eigenvalue weighted by Crippen LogP contribution is -2.19. The van der Waals surface area contributed by atoms with Gasteiger partial charge in [-0.2, -0.15) is 5.10 Å². The lowest BCUT2D eigenvalue weighted by molar-refractivity contribution is -0.118. The van der Waals surface area contributed by atoms with Crippen molar-refractivity contribution in [1.29, 1.82) is 0 Å². The van der Waals surface area contributed by atoms with Gasteiger partial charge in [-0.25, -0.2) is 5.43 Å². The van der Waals surface area contributed by atoms with Gasteiger partial charge < -0.3 is 4.57 Å². The van der Waals surface area contributed by atoms with Crippen LogP contribution >= 0.6 is 11.8 Å². The summed E-state index contributed by atoms with van der Waals surface area (Å²) in [6, 6.07) is 9.56. The van der Waals surface area contributed by atoms with Crippen LogP contribution in [0.4, 0.5) is 0 Å². The monoisotopic (exact) mass is 275 g/mol. The van der Waals surface area contributed by atoms with Crippen LogP contribution in [-0.4, -0.2) is 32.6 Å². The highest BCUT2D eigenvalue weighted by atomic mass is 32.2. The zero-order valence-electron chi connectivity index (χ0n) is 10.4. The second kappa shape index (κ2) is 6.69. The molecule has 0 aliphatic carbocycles. The van der Waals surface area contributed by atoms with Gasteiger partial charge in [0.05, 0.1) is 12.0 Å². The fourth-order valence-electron chi connectivity index (χ4n) is 1.28. The van der Waals surface area contributed by atoms with E-state index in [1.807, 2.05) is 37.4 Å². The molecule has 1 aromatic carbocycles. The molecule has 1 aromatic heterocycles. The van der Waals surface area contributed by atoms with Gasteiger partial charge in [-0.15, -0.1) is 10.2 Å². The molecule has 0 saturated carbocycles. The molecule has 0 aliphatic heterocycles. The number of rotatable bonds is 5. The van der Waals surface area contributed by atoms with Crippen LogP contribution in [0.25, 0.3) is 0 Å². The van der Waals surface area contributed by atoms with Crippen LogP contribution in [0.2, 0.25) is 0 Å². The Bertz CT molecular complexity index is 567. The average Bonchev–Trinajstić information content (AvgIpc) is 2.83. The maximum atomic E-state index is 11.5. The van der Waals surface area contributed by atoms with Crippen molar-refractivity contribution in [2.24, 2.45) is 12.1 Å². The Kier molecular flexibility index (Phi) is 4.68. The second-order valence-corrected chi connectivity index (χ2v) is 4.66. The maximum absolute atomic E-state index is 11.5. The van der Waals surface area contributed by atoms with Gasteiger partial charge in [-0.05, 0) is 5.56 Å². The van der Waals surface area contributed by atoms with Gasteiger partial charge >= 0.3 is 0 Å². The molecule has 2 rings (SSSR count). The first-order valence-electron chi connectivity index (χ1n) is 5.59. The lowest BCUT2D eigenvalue weighted by atomic mass is 10.2. The molecular weight excluding hydrogens is 262 g/mol. The first kappa shape index (κ1) is 13.3. The van der Waals surface area contributed by atoms with Gasteiger partial charge in [-0.1, -0.05) is 42.1 Å². The fraction of sp³-hybridized carbons (Fsp3) is 0.167. The van der Waals surface area contributed by atoms with Gasteiger partial charge in [0, 0.05) is 7.05 Å². The number of thioether (sulfide) groups is 1. The van der Waals surface area contributed by atoms with Gasteiger partial charge in [0.2, 0.25) is 0 Å². The molecule has 0 fully saturated rings. The molecule has 98 valence electrons. The van der Waals surface area contributed by atoms with Crippen molar-refractivity contribution < 1.29 is 4.79 Å². The van der Waals surface area contributed by atoms with E-state index in [9.17, 15) is 4.79 Å². The molecule has 0 spiro atoms. The molecule has 7 heteroatoms. The van der Waals surface area contributed by atoms with Crippen molar-refractivity contribution >= 4 is 23.9 Å². The number of hydrogen-bond donors (Lipinski definition) is 1. The van der Waals surface area contributed by atoms with Crippen LogP contribution in [0.3, 0.4) is 0 Å². The molecule has 0 bridgehead atoms. The van der Waals surface area contributed by atoms with Crippen molar-refractivity contribution in [1.82, 2.24) is 20.2 Å². The van der Waals surface area contributed by atoms with Crippen molar-refractivity contribution in [3.8, 4) is 0 Å².